The second-order valence-corrected chi connectivity index (χ2v) is 1.80. The quantitative estimate of drug-likeness (QED) is 0.514. The summed E-state index contributed by atoms with van der Waals surface area (Å²) in [5.74, 6) is 0.684. The molecule has 0 aromatic carbocycles. The largest absolute Gasteiger partial charge is 0.479 e. The van der Waals surface area contributed by atoms with Crippen molar-refractivity contribution in [3.8, 4) is 0 Å². The SMILES string of the molecule is CC1=N[C@@H](CO)CO1. The molecule has 0 aromatic rings. The van der Waals surface area contributed by atoms with Crippen molar-refractivity contribution in [3.63, 3.8) is 0 Å². The molecule has 1 atom stereocenters. The normalized spacial score (nSPS) is 27.2. The third kappa shape index (κ3) is 0.980. The van der Waals surface area contributed by atoms with Crippen LogP contribution in [0, 0.1) is 0 Å². The Labute approximate surface area is 48.0 Å². The van der Waals surface area contributed by atoms with Crippen molar-refractivity contribution in [2.24, 2.45) is 4.99 Å². The molecule has 0 bridgehead atoms. The van der Waals surface area contributed by atoms with E-state index in [9.17, 15) is 0 Å². The molecule has 0 amide bonds. The van der Waals surface area contributed by atoms with Gasteiger partial charge in [0.05, 0.1) is 6.61 Å². The first-order valence-electron chi connectivity index (χ1n) is 2.61. The van der Waals surface area contributed by atoms with Gasteiger partial charge in [-0.15, -0.1) is 0 Å². The van der Waals surface area contributed by atoms with Gasteiger partial charge in [-0.1, -0.05) is 0 Å². The fourth-order valence-electron chi connectivity index (χ4n) is 0.642. The van der Waals surface area contributed by atoms with Crippen LogP contribution >= 0.6 is 0 Å². The number of hydrogen-bond donors (Lipinski definition) is 1. The molecule has 0 radical (unpaired) electrons. The summed E-state index contributed by atoms with van der Waals surface area (Å²) in [6.45, 7) is 2.43. The fraction of sp³-hybridized carbons (Fsp3) is 0.800. The van der Waals surface area contributed by atoms with Crippen LogP contribution in [0.5, 0.6) is 0 Å². The molecule has 8 heavy (non-hydrogen) atoms. The molecule has 0 saturated carbocycles. The first kappa shape index (κ1) is 5.56. The molecule has 0 unspecified atom stereocenters. The average molecular weight is 115 g/mol. The van der Waals surface area contributed by atoms with E-state index < -0.39 is 0 Å². The van der Waals surface area contributed by atoms with Crippen LogP contribution in [0.15, 0.2) is 4.99 Å². The first-order valence-corrected chi connectivity index (χ1v) is 2.61. The minimum absolute atomic E-state index is 0.00463. The molecule has 0 saturated heterocycles. The van der Waals surface area contributed by atoms with E-state index in [1.807, 2.05) is 0 Å². The molecule has 0 spiro atoms. The van der Waals surface area contributed by atoms with Crippen LogP contribution in [-0.4, -0.2) is 30.3 Å². The van der Waals surface area contributed by atoms with E-state index in [0.29, 0.717) is 12.5 Å². The van der Waals surface area contributed by atoms with Crippen molar-refractivity contribution < 1.29 is 9.84 Å². The third-order valence-corrected chi connectivity index (χ3v) is 1.06. The standard InChI is InChI=1S/C5H9NO2/c1-4-6-5(2-7)3-8-4/h5,7H,2-3H2,1H3/t5-/m0/s1. The lowest BCUT2D eigenvalue weighted by Crippen LogP contribution is -2.10. The van der Waals surface area contributed by atoms with Crippen LogP contribution in [0.1, 0.15) is 6.92 Å². The minimum Gasteiger partial charge on any atom is -0.479 e. The number of nitrogens with zero attached hydrogens (tertiary/aromatic N) is 1. The Morgan fingerprint density at radius 3 is 3.00 bits per heavy atom. The number of ether oxygens (including phenoxy) is 1. The summed E-state index contributed by atoms with van der Waals surface area (Å²) < 4.78 is 4.95. The molecule has 3 nitrogen and oxygen atoms in total. The maximum Gasteiger partial charge on any atom is 0.180 e. The Bertz CT molecular complexity index is 111. The highest BCUT2D eigenvalue weighted by atomic mass is 16.5. The molecule has 0 aromatic heterocycles. The minimum atomic E-state index is -0.00463. The van der Waals surface area contributed by atoms with Gasteiger partial charge in [0.25, 0.3) is 0 Å². The van der Waals surface area contributed by atoms with Gasteiger partial charge in [0.2, 0.25) is 0 Å². The Morgan fingerprint density at radius 1 is 2.00 bits per heavy atom. The van der Waals surface area contributed by atoms with Crippen molar-refractivity contribution >= 4 is 5.90 Å². The van der Waals surface area contributed by atoms with E-state index in [-0.39, 0.29) is 12.6 Å². The van der Waals surface area contributed by atoms with Crippen LogP contribution in [0.3, 0.4) is 0 Å². The van der Waals surface area contributed by atoms with Gasteiger partial charge in [-0.2, -0.15) is 0 Å². The summed E-state index contributed by atoms with van der Waals surface area (Å²) >= 11 is 0. The summed E-state index contributed by atoms with van der Waals surface area (Å²) in [6, 6.07) is -0.00463. The highest BCUT2D eigenvalue weighted by molar-refractivity contribution is 5.74. The Morgan fingerprint density at radius 2 is 2.75 bits per heavy atom. The summed E-state index contributed by atoms with van der Waals surface area (Å²) in [5.41, 5.74) is 0. The van der Waals surface area contributed by atoms with Gasteiger partial charge in [-0.25, -0.2) is 4.99 Å². The maximum absolute atomic E-state index is 8.50. The number of hydrogen-bond acceptors (Lipinski definition) is 3. The van der Waals surface area contributed by atoms with Gasteiger partial charge in [-0.05, 0) is 0 Å². The number of aliphatic imine (C=N–C) groups is 1. The van der Waals surface area contributed by atoms with Crippen molar-refractivity contribution in [1.82, 2.24) is 0 Å². The van der Waals surface area contributed by atoms with Gasteiger partial charge in [0.15, 0.2) is 5.90 Å². The molecular weight excluding hydrogens is 106 g/mol. The Balaban J connectivity index is 2.41. The van der Waals surface area contributed by atoms with Crippen LogP contribution in [0.2, 0.25) is 0 Å². The van der Waals surface area contributed by atoms with Gasteiger partial charge < -0.3 is 9.84 Å². The lowest BCUT2D eigenvalue weighted by Gasteiger charge is -1.95. The van der Waals surface area contributed by atoms with Crippen molar-refractivity contribution in [1.29, 1.82) is 0 Å². The number of aliphatic hydroxyl groups excluding tert-OH is 1. The molecule has 1 N–H and O–H groups in total. The number of aliphatic hydroxyl groups is 1. The van der Waals surface area contributed by atoms with Crippen LogP contribution in [0.25, 0.3) is 0 Å². The van der Waals surface area contributed by atoms with E-state index in [1.54, 1.807) is 6.92 Å². The molecular formula is C5H9NO2. The van der Waals surface area contributed by atoms with E-state index in [4.69, 9.17) is 9.84 Å². The Hall–Kier alpha value is -0.570. The zero-order chi connectivity index (χ0) is 5.98. The second kappa shape index (κ2) is 2.13. The summed E-state index contributed by atoms with van der Waals surface area (Å²) in [4.78, 5) is 3.95. The van der Waals surface area contributed by atoms with Crippen molar-refractivity contribution in [3.05, 3.63) is 0 Å². The van der Waals surface area contributed by atoms with E-state index in [2.05, 4.69) is 4.99 Å². The van der Waals surface area contributed by atoms with Gasteiger partial charge >= 0.3 is 0 Å². The number of rotatable bonds is 1. The molecule has 1 aliphatic rings. The molecule has 0 fully saturated rings. The predicted octanol–water partition coefficient (Wildman–Crippen LogP) is -0.204. The van der Waals surface area contributed by atoms with E-state index in [1.165, 1.54) is 0 Å². The summed E-state index contributed by atoms with van der Waals surface area (Å²) in [5, 5.41) is 8.50. The summed E-state index contributed by atoms with van der Waals surface area (Å²) in [6.07, 6.45) is 0. The van der Waals surface area contributed by atoms with Crippen LogP contribution in [0.4, 0.5) is 0 Å². The highest BCUT2D eigenvalue weighted by Gasteiger charge is 2.13. The summed E-state index contributed by atoms with van der Waals surface area (Å²) in [7, 11) is 0. The lowest BCUT2D eigenvalue weighted by molar-refractivity contribution is 0.227. The van der Waals surface area contributed by atoms with Crippen LogP contribution < -0.4 is 0 Å². The Kier molecular flexibility index (Phi) is 1.48. The van der Waals surface area contributed by atoms with Crippen molar-refractivity contribution in [2.75, 3.05) is 13.2 Å². The van der Waals surface area contributed by atoms with Crippen LogP contribution in [-0.2, 0) is 4.74 Å². The zero-order valence-electron chi connectivity index (χ0n) is 4.79. The monoisotopic (exact) mass is 115 g/mol. The molecule has 1 aliphatic heterocycles. The lowest BCUT2D eigenvalue weighted by atomic mass is 10.4. The van der Waals surface area contributed by atoms with Gasteiger partial charge in [-0.3, -0.25) is 0 Å². The van der Waals surface area contributed by atoms with Crippen molar-refractivity contribution in [2.45, 2.75) is 13.0 Å². The fourth-order valence-corrected chi connectivity index (χ4v) is 0.642. The topological polar surface area (TPSA) is 41.8 Å². The third-order valence-electron chi connectivity index (χ3n) is 1.06. The van der Waals surface area contributed by atoms with E-state index in [0.717, 1.165) is 0 Å². The second-order valence-electron chi connectivity index (χ2n) is 1.80. The molecule has 0 aliphatic carbocycles. The maximum atomic E-state index is 8.50. The van der Waals surface area contributed by atoms with E-state index >= 15 is 0 Å². The molecule has 1 rings (SSSR count). The predicted molar refractivity (Wildman–Crippen MR) is 29.9 cm³/mol. The average Bonchev–Trinajstić information content (AvgIpc) is 2.14. The zero-order valence-corrected chi connectivity index (χ0v) is 4.79. The molecule has 3 heteroatoms. The highest BCUT2D eigenvalue weighted by Crippen LogP contribution is 2.01. The van der Waals surface area contributed by atoms with Gasteiger partial charge in [0.1, 0.15) is 12.6 Å². The molecule has 1 heterocycles. The molecule has 46 valence electrons. The smallest absolute Gasteiger partial charge is 0.180 e. The van der Waals surface area contributed by atoms with Gasteiger partial charge in [0, 0.05) is 6.92 Å². The first-order chi connectivity index (χ1) is 3.83.